The lowest BCUT2D eigenvalue weighted by molar-refractivity contribution is 0.600. The maximum absolute atomic E-state index is 12.4. The summed E-state index contributed by atoms with van der Waals surface area (Å²) in [6.45, 7) is 3.56. The molecule has 1 saturated heterocycles. The maximum Gasteiger partial charge on any atom is 0.236 e. The zero-order chi connectivity index (χ0) is 21.0. The predicted molar refractivity (Wildman–Crippen MR) is 123 cm³/mol. The van der Waals surface area contributed by atoms with Crippen molar-refractivity contribution in [3.8, 4) is 0 Å². The summed E-state index contributed by atoms with van der Waals surface area (Å²) in [7, 11) is -3.53. The van der Waals surface area contributed by atoms with Gasteiger partial charge in [-0.15, -0.1) is 0 Å². The van der Waals surface area contributed by atoms with E-state index in [2.05, 4.69) is 43.8 Å². The van der Waals surface area contributed by atoms with Crippen molar-refractivity contribution in [2.45, 2.75) is 5.75 Å². The van der Waals surface area contributed by atoms with E-state index in [0.717, 1.165) is 32.0 Å². The first-order chi connectivity index (χ1) is 14.5. The third-order valence-corrected chi connectivity index (χ3v) is 6.53. The summed E-state index contributed by atoms with van der Waals surface area (Å²) in [5.74, 6) is 0.733. The predicted octanol–water partition coefficient (Wildman–Crippen LogP) is 4.00. The zero-order valence-corrected chi connectivity index (χ0v) is 18.0. The van der Waals surface area contributed by atoms with Gasteiger partial charge >= 0.3 is 0 Å². The summed E-state index contributed by atoms with van der Waals surface area (Å²) in [5, 5.41) is 0.577. The molecule has 1 aromatic heterocycles. The molecule has 6 nitrogen and oxygen atoms in total. The van der Waals surface area contributed by atoms with E-state index in [1.54, 1.807) is 36.5 Å². The number of rotatable bonds is 6. The molecule has 0 unspecified atom stereocenters. The van der Waals surface area contributed by atoms with Gasteiger partial charge in [-0.1, -0.05) is 41.9 Å². The minimum Gasteiger partial charge on any atom is -0.368 e. The number of pyridine rings is 1. The van der Waals surface area contributed by atoms with Gasteiger partial charge in [0.05, 0.1) is 17.6 Å². The molecule has 8 heteroatoms. The van der Waals surface area contributed by atoms with E-state index in [1.165, 1.54) is 5.69 Å². The smallest absolute Gasteiger partial charge is 0.236 e. The second kappa shape index (κ2) is 8.93. The van der Waals surface area contributed by atoms with Gasteiger partial charge in [0.2, 0.25) is 10.0 Å². The molecule has 1 aliphatic heterocycles. The number of aromatic nitrogens is 1. The second-order valence-corrected chi connectivity index (χ2v) is 9.36. The fourth-order valence-corrected chi connectivity index (χ4v) is 4.79. The molecule has 0 spiro atoms. The molecule has 4 rings (SSSR count). The largest absolute Gasteiger partial charge is 0.368 e. The lowest BCUT2D eigenvalue weighted by Gasteiger charge is -2.36. The molecule has 0 radical (unpaired) electrons. The van der Waals surface area contributed by atoms with Crippen molar-refractivity contribution in [3.05, 3.63) is 83.5 Å². The van der Waals surface area contributed by atoms with Crippen LogP contribution in [-0.2, 0) is 15.8 Å². The first-order valence-electron chi connectivity index (χ1n) is 9.74. The van der Waals surface area contributed by atoms with Crippen molar-refractivity contribution >= 4 is 38.8 Å². The van der Waals surface area contributed by atoms with Gasteiger partial charge in [-0.3, -0.25) is 4.72 Å². The Morgan fingerprint density at radius 2 is 1.53 bits per heavy atom. The molecule has 1 fully saturated rings. The Hall–Kier alpha value is -2.77. The highest BCUT2D eigenvalue weighted by Gasteiger charge is 2.18. The molecule has 3 aromatic rings. The van der Waals surface area contributed by atoms with E-state index < -0.39 is 10.0 Å². The van der Waals surface area contributed by atoms with Crippen LogP contribution in [0, 0.1) is 0 Å². The number of nitrogens with one attached hydrogen (secondary N) is 1. The van der Waals surface area contributed by atoms with Gasteiger partial charge in [-0.25, -0.2) is 13.4 Å². The summed E-state index contributed by atoms with van der Waals surface area (Å²) in [5.41, 5.74) is 2.36. The third kappa shape index (κ3) is 5.23. The van der Waals surface area contributed by atoms with Crippen molar-refractivity contribution in [2.75, 3.05) is 40.7 Å². The fraction of sp³-hybridized carbons (Fsp3) is 0.227. The van der Waals surface area contributed by atoms with Gasteiger partial charge in [0.25, 0.3) is 0 Å². The fourth-order valence-electron chi connectivity index (χ4n) is 3.48. The standard InChI is InChI=1S/C22H23ClN4O2S/c23-19-8-6-18(7-9-19)17-30(28,29)25-20-10-11-22(24-16-20)27-14-12-26(13-15-27)21-4-2-1-3-5-21/h1-11,16,25H,12-15,17H2. The highest BCUT2D eigenvalue weighted by atomic mass is 35.5. The molecule has 0 saturated carbocycles. The molecule has 0 amide bonds. The summed E-state index contributed by atoms with van der Waals surface area (Å²) in [4.78, 5) is 9.04. The maximum atomic E-state index is 12.4. The van der Waals surface area contributed by atoms with Crippen molar-refractivity contribution in [2.24, 2.45) is 0 Å². The molecule has 156 valence electrons. The van der Waals surface area contributed by atoms with Crippen molar-refractivity contribution in [3.63, 3.8) is 0 Å². The monoisotopic (exact) mass is 442 g/mol. The molecule has 0 bridgehead atoms. The lowest BCUT2D eigenvalue weighted by atomic mass is 10.2. The van der Waals surface area contributed by atoms with Gasteiger partial charge in [0.1, 0.15) is 5.82 Å². The Kier molecular flexibility index (Phi) is 6.11. The molecule has 2 aromatic carbocycles. The van der Waals surface area contributed by atoms with Crippen LogP contribution < -0.4 is 14.5 Å². The van der Waals surface area contributed by atoms with Crippen LogP contribution in [0.25, 0.3) is 0 Å². The Morgan fingerprint density at radius 3 is 2.17 bits per heavy atom. The molecular weight excluding hydrogens is 420 g/mol. The number of para-hydroxylation sites is 1. The van der Waals surface area contributed by atoms with Gasteiger partial charge < -0.3 is 9.80 Å². The highest BCUT2D eigenvalue weighted by Crippen LogP contribution is 2.21. The molecule has 1 N–H and O–H groups in total. The average molecular weight is 443 g/mol. The summed E-state index contributed by atoms with van der Waals surface area (Å²) in [6.07, 6.45) is 1.57. The minimum atomic E-state index is -3.53. The Morgan fingerprint density at radius 1 is 0.867 bits per heavy atom. The van der Waals surface area contributed by atoms with Gasteiger partial charge in [0, 0.05) is 36.9 Å². The molecule has 30 heavy (non-hydrogen) atoms. The summed E-state index contributed by atoms with van der Waals surface area (Å²) < 4.78 is 27.4. The normalized spacial score (nSPS) is 14.6. The van der Waals surface area contributed by atoms with Crippen molar-refractivity contribution in [1.82, 2.24) is 4.98 Å². The van der Waals surface area contributed by atoms with E-state index in [0.29, 0.717) is 16.3 Å². The zero-order valence-electron chi connectivity index (χ0n) is 16.4. The number of nitrogens with zero attached hydrogens (tertiary/aromatic N) is 3. The summed E-state index contributed by atoms with van der Waals surface area (Å²) in [6, 6.07) is 20.8. The number of hydrogen-bond acceptors (Lipinski definition) is 5. The van der Waals surface area contributed by atoms with E-state index in [-0.39, 0.29) is 5.75 Å². The van der Waals surface area contributed by atoms with Crippen molar-refractivity contribution in [1.29, 1.82) is 0 Å². The van der Waals surface area contributed by atoms with E-state index >= 15 is 0 Å². The van der Waals surface area contributed by atoms with Gasteiger partial charge in [-0.2, -0.15) is 0 Å². The summed E-state index contributed by atoms with van der Waals surface area (Å²) >= 11 is 5.85. The molecule has 2 heterocycles. The number of halogens is 1. The van der Waals surface area contributed by atoms with Crippen LogP contribution in [0.1, 0.15) is 5.56 Å². The van der Waals surface area contributed by atoms with Crippen LogP contribution in [0.2, 0.25) is 5.02 Å². The second-order valence-electron chi connectivity index (χ2n) is 7.20. The van der Waals surface area contributed by atoms with Gasteiger partial charge in [-0.05, 0) is 42.0 Å². The van der Waals surface area contributed by atoms with Crippen LogP contribution in [0.15, 0.2) is 72.9 Å². The highest BCUT2D eigenvalue weighted by molar-refractivity contribution is 7.91. The number of sulfonamides is 1. The quantitative estimate of drug-likeness (QED) is 0.625. The Labute approximate surface area is 182 Å². The van der Waals surface area contributed by atoms with E-state index in [9.17, 15) is 8.42 Å². The van der Waals surface area contributed by atoms with Crippen molar-refractivity contribution < 1.29 is 8.42 Å². The number of piperazine rings is 1. The van der Waals surface area contributed by atoms with Crippen LogP contribution in [0.3, 0.4) is 0 Å². The molecular formula is C22H23ClN4O2S. The minimum absolute atomic E-state index is 0.118. The van der Waals surface area contributed by atoms with Gasteiger partial charge in [0.15, 0.2) is 0 Å². The number of anilines is 3. The Balaban J connectivity index is 1.34. The SMILES string of the molecule is O=S(=O)(Cc1ccc(Cl)cc1)Nc1ccc(N2CCN(c3ccccc3)CC2)nc1. The van der Waals surface area contributed by atoms with Crippen LogP contribution in [-0.4, -0.2) is 39.6 Å². The third-order valence-electron chi connectivity index (χ3n) is 5.02. The van der Waals surface area contributed by atoms with Crippen LogP contribution in [0.4, 0.5) is 17.2 Å². The first kappa shape index (κ1) is 20.5. The molecule has 0 aliphatic carbocycles. The first-order valence-corrected chi connectivity index (χ1v) is 11.8. The lowest BCUT2D eigenvalue weighted by Crippen LogP contribution is -2.46. The number of hydrogen-bond donors (Lipinski definition) is 1. The average Bonchev–Trinajstić information content (AvgIpc) is 2.76. The number of benzene rings is 2. The molecule has 0 atom stereocenters. The topological polar surface area (TPSA) is 65.5 Å². The van der Waals surface area contributed by atoms with E-state index in [4.69, 9.17) is 11.6 Å². The molecule has 1 aliphatic rings. The van der Waals surface area contributed by atoms with E-state index in [1.807, 2.05) is 12.1 Å². The van der Waals surface area contributed by atoms with Crippen LogP contribution in [0.5, 0.6) is 0 Å². The van der Waals surface area contributed by atoms with Crippen LogP contribution >= 0.6 is 11.6 Å². The Bertz CT molecular complexity index is 1070.